The first-order valence-corrected chi connectivity index (χ1v) is 6.04. The van der Waals surface area contributed by atoms with Gasteiger partial charge in [0.05, 0.1) is 0 Å². The van der Waals surface area contributed by atoms with E-state index < -0.39 is 0 Å². The molecule has 0 aromatic carbocycles. The molecule has 1 unspecified atom stereocenters. The predicted molar refractivity (Wildman–Crippen MR) is 67.8 cm³/mol. The summed E-state index contributed by atoms with van der Waals surface area (Å²) in [7, 11) is 2.42. The summed E-state index contributed by atoms with van der Waals surface area (Å²) < 4.78 is 13.3. The van der Waals surface area contributed by atoms with Crippen LogP contribution in [0.5, 0.6) is 0 Å². The third-order valence-electron chi connectivity index (χ3n) is 1.94. The van der Waals surface area contributed by atoms with Gasteiger partial charge in [-0.3, -0.25) is 9.97 Å². The van der Waals surface area contributed by atoms with Crippen molar-refractivity contribution in [3.05, 3.63) is 48.2 Å². The first kappa shape index (κ1) is 12.7. The van der Waals surface area contributed by atoms with Crippen molar-refractivity contribution in [3.8, 4) is 11.3 Å². The molecule has 0 saturated heterocycles. The average molecular weight is 236 g/mol. The largest absolute Gasteiger partial charge is 0.261 e. The molecule has 16 heavy (non-hydrogen) atoms. The highest BCUT2D eigenvalue weighted by Crippen LogP contribution is 2.18. The highest BCUT2D eigenvalue weighted by Gasteiger charge is 2.04. The van der Waals surface area contributed by atoms with Gasteiger partial charge in [-0.25, -0.2) is 4.39 Å². The van der Waals surface area contributed by atoms with E-state index in [1.807, 2.05) is 25.7 Å². The Labute approximate surface area is 97.2 Å². The maximum absolute atomic E-state index is 13.3. The lowest BCUT2D eigenvalue weighted by Gasteiger charge is -2.01. The molecule has 0 saturated carbocycles. The van der Waals surface area contributed by atoms with Crippen LogP contribution in [-0.4, -0.2) is 16.6 Å². The van der Waals surface area contributed by atoms with Gasteiger partial charge in [0.1, 0.15) is 11.5 Å². The molecule has 84 valence electrons. The summed E-state index contributed by atoms with van der Waals surface area (Å²) in [6, 6.07) is 6.61. The first-order chi connectivity index (χ1) is 7.77. The fourth-order valence-corrected chi connectivity index (χ4v) is 1.21. The van der Waals surface area contributed by atoms with E-state index in [1.165, 1.54) is 6.07 Å². The van der Waals surface area contributed by atoms with Gasteiger partial charge < -0.3 is 0 Å². The van der Waals surface area contributed by atoms with Gasteiger partial charge in [-0.1, -0.05) is 6.66 Å². The molecule has 0 fully saturated rings. The Morgan fingerprint density at radius 3 is 2.44 bits per heavy atom. The smallest absolute Gasteiger partial charge is 0.149 e. The summed E-state index contributed by atoms with van der Waals surface area (Å²) in [6.45, 7) is 3.80. The van der Waals surface area contributed by atoms with E-state index in [9.17, 15) is 4.39 Å². The SMILES string of the molecule is CP.Cc1ccc(-c2ncccc2F)cn1. The maximum atomic E-state index is 13.3. The third-order valence-corrected chi connectivity index (χ3v) is 1.94. The van der Waals surface area contributed by atoms with Gasteiger partial charge in [0.2, 0.25) is 0 Å². The van der Waals surface area contributed by atoms with Gasteiger partial charge in [-0.15, -0.1) is 9.24 Å². The molecule has 0 amide bonds. The van der Waals surface area contributed by atoms with Crippen molar-refractivity contribution in [3.63, 3.8) is 0 Å². The highest BCUT2D eigenvalue weighted by molar-refractivity contribution is 7.15. The van der Waals surface area contributed by atoms with Gasteiger partial charge in [-0.2, -0.15) is 0 Å². The summed E-state index contributed by atoms with van der Waals surface area (Å²) >= 11 is 0. The molecule has 2 aromatic heterocycles. The molecule has 0 radical (unpaired) electrons. The molecule has 0 bridgehead atoms. The highest BCUT2D eigenvalue weighted by atomic mass is 31.0. The Bertz CT molecular complexity index is 443. The number of halogens is 1. The molecule has 4 heteroatoms. The quantitative estimate of drug-likeness (QED) is 0.711. The van der Waals surface area contributed by atoms with E-state index in [0.29, 0.717) is 11.3 Å². The lowest BCUT2D eigenvalue weighted by atomic mass is 10.2. The second-order valence-corrected chi connectivity index (χ2v) is 3.02. The number of hydrogen-bond donors (Lipinski definition) is 0. The van der Waals surface area contributed by atoms with Gasteiger partial charge in [0.15, 0.2) is 0 Å². The molecule has 0 N–H and O–H groups in total. The van der Waals surface area contributed by atoms with Crippen LogP contribution in [0.15, 0.2) is 36.7 Å². The Kier molecular flexibility index (Phi) is 5.00. The predicted octanol–water partition coefficient (Wildman–Crippen LogP) is 3.08. The maximum Gasteiger partial charge on any atom is 0.149 e. The summed E-state index contributed by atoms with van der Waals surface area (Å²) in [4.78, 5) is 8.05. The molecular formula is C12H14FN2P. The second kappa shape index (κ2) is 6.29. The number of hydrogen-bond acceptors (Lipinski definition) is 2. The van der Waals surface area contributed by atoms with Crippen LogP contribution in [0.1, 0.15) is 5.69 Å². The Morgan fingerprint density at radius 1 is 1.12 bits per heavy atom. The van der Waals surface area contributed by atoms with E-state index >= 15 is 0 Å². The van der Waals surface area contributed by atoms with E-state index in [1.54, 1.807) is 18.5 Å². The zero-order valence-corrected chi connectivity index (χ0v) is 10.5. The van der Waals surface area contributed by atoms with Crippen molar-refractivity contribution < 1.29 is 4.39 Å². The minimum atomic E-state index is -0.321. The summed E-state index contributed by atoms with van der Waals surface area (Å²) in [5.41, 5.74) is 1.96. The van der Waals surface area contributed by atoms with Crippen molar-refractivity contribution in [1.82, 2.24) is 9.97 Å². The Morgan fingerprint density at radius 2 is 1.88 bits per heavy atom. The number of nitrogens with zero attached hydrogens (tertiary/aromatic N) is 2. The van der Waals surface area contributed by atoms with Crippen LogP contribution >= 0.6 is 9.24 Å². The Hall–Kier alpha value is -1.34. The lowest BCUT2D eigenvalue weighted by molar-refractivity contribution is 0.625. The molecule has 1 atom stereocenters. The van der Waals surface area contributed by atoms with Crippen LogP contribution in [-0.2, 0) is 0 Å². The molecule has 0 aliphatic heterocycles. The molecule has 0 aliphatic rings. The lowest BCUT2D eigenvalue weighted by Crippen LogP contribution is -1.89. The monoisotopic (exact) mass is 236 g/mol. The van der Waals surface area contributed by atoms with E-state index in [4.69, 9.17) is 0 Å². The fraction of sp³-hybridized carbons (Fsp3) is 0.167. The molecule has 2 aromatic rings. The molecule has 2 rings (SSSR count). The van der Waals surface area contributed by atoms with E-state index in [2.05, 4.69) is 19.2 Å². The number of aromatic nitrogens is 2. The standard InChI is InChI=1S/C11H9FN2.CH5P/c1-8-4-5-9(7-14-8)11-10(12)3-2-6-13-11;1-2/h2-7H,1H3;2H2,1H3. The number of pyridine rings is 2. The van der Waals surface area contributed by atoms with Crippen LogP contribution in [0, 0.1) is 12.7 Å². The van der Waals surface area contributed by atoms with Gasteiger partial charge >= 0.3 is 0 Å². The van der Waals surface area contributed by atoms with Crippen molar-refractivity contribution in [2.75, 3.05) is 6.66 Å². The van der Waals surface area contributed by atoms with Crippen LogP contribution in [0.2, 0.25) is 0 Å². The van der Waals surface area contributed by atoms with Crippen LogP contribution in [0.3, 0.4) is 0 Å². The minimum Gasteiger partial charge on any atom is -0.261 e. The molecule has 0 aliphatic carbocycles. The van der Waals surface area contributed by atoms with Crippen molar-refractivity contribution in [2.24, 2.45) is 0 Å². The van der Waals surface area contributed by atoms with E-state index in [0.717, 1.165) is 5.69 Å². The third kappa shape index (κ3) is 3.07. The summed E-state index contributed by atoms with van der Waals surface area (Å²) in [5, 5.41) is 0. The number of rotatable bonds is 1. The molecule has 2 heterocycles. The van der Waals surface area contributed by atoms with Crippen LogP contribution < -0.4 is 0 Å². The second-order valence-electron chi connectivity index (χ2n) is 3.02. The fourth-order valence-electron chi connectivity index (χ4n) is 1.21. The first-order valence-electron chi connectivity index (χ1n) is 4.88. The zero-order valence-electron chi connectivity index (χ0n) is 9.31. The summed E-state index contributed by atoms with van der Waals surface area (Å²) in [5.74, 6) is -0.321. The van der Waals surface area contributed by atoms with Crippen molar-refractivity contribution >= 4 is 9.24 Å². The van der Waals surface area contributed by atoms with Crippen LogP contribution in [0.25, 0.3) is 11.3 Å². The molecule has 2 nitrogen and oxygen atoms in total. The Balaban J connectivity index is 0.000000606. The van der Waals surface area contributed by atoms with Crippen molar-refractivity contribution in [2.45, 2.75) is 6.92 Å². The average Bonchev–Trinajstić information content (AvgIpc) is 2.34. The minimum absolute atomic E-state index is 0.321. The summed E-state index contributed by atoms with van der Waals surface area (Å²) in [6.07, 6.45) is 3.19. The zero-order chi connectivity index (χ0) is 12.0. The normalized spacial score (nSPS) is 9.25. The van der Waals surface area contributed by atoms with Gasteiger partial charge in [0, 0.05) is 23.7 Å². The van der Waals surface area contributed by atoms with Gasteiger partial charge in [-0.05, 0) is 31.2 Å². The number of aryl methyl sites for hydroxylation is 1. The topological polar surface area (TPSA) is 25.8 Å². The van der Waals surface area contributed by atoms with Crippen LogP contribution in [0.4, 0.5) is 4.39 Å². The molecular weight excluding hydrogens is 222 g/mol. The van der Waals surface area contributed by atoms with E-state index in [-0.39, 0.29) is 5.82 Å². The molecule has 0 spiro atoms. The van der Waals surface area contributed by atoms with Crippen molar-refractivity contribution in [1.29, 1.82) is 0 Å². The van der Waals surface area contributed by atoms with Gasteiger partial charge in [0.25, 0.3) is 0 Å².